The highest BCUT2D eigenvalue weighted by Gasteiger charge is 2.39. The summed E-state index contributed by atoms with van der Waals surface area (Å²) in [7, 11) is 1.49. The maximum absolute atomic E-state index is 15.1. The fraction of sp³-hybridized carbons (Fsp3) is 0.471. The topological polar surface area (TPSA) is 104 Å². The van der Waals surface area contributed by atoms with Crippen LogP contribution in [0.2, 0.25) is 0 Å². The van der Waals surface area contributed by atoms with Gasteiger partial charge in [0.15, 0.2) is 0 Å². The minimum atomic E-state index is -1.35. The van der Waals surface area contributed by atoms with Crippen LogP contribution < -0.4 is 14.2 Å². The molecule has 1 aliphatic heterocycles. The van der Waals surface area contributed by atoms with Gasteiger partial charge in [0, 0.05) is 23.0 Å². The summed E-state index contributed by atoms with van der Waals surface area (Å²) in [5, 5.41) is 9.75. The number of methoxy groups -OCH3 is 1. The number of pyridine rings is 1. The lowest BCUT2D eigenvalue weighted by Crippen LogP contribution is -2.40. The average Bonchev–Trinajstić information content (AvgIpc) is 3.81. The minimum Gasteiger partial charge on any atom is -0.598 e. The zero-order valence-electron chi connectivity index (χ0n) is 25.6. The highest BCUT2D eigenvalue weighted by atomic mass is 32.2. The summed E-state index contributed by atoms with van der Waals surface area (Å²) in [4.78, 5) is 15.9. The molecule has 7 nitrogen and oxygen atoms in total. The van der Waals surface area contributed by atoms with Crippen LogP contribution >= 0.6 is 0 Å². The first-order valence-electron chi connectivity index (χ1n) is 14.9. The Morgan fingerprint density at radius 1 is 1.14 bits per heavy atom. The minimum absolute atomic E-state index is 0.0412. The molecule has 2 N–H and O–H groups in total. The lowest BCUT2D eigenvalue weighted by atomic mass is 9.82. The standard InChI is InChI=1S/C34H41FN2O5S/c1-19(33(38)39)32(22-8-9-22)24-10-7-21-12-14-29(42-30(21)16-24)23-11-13-25(27-17-31(41-6)36-18-28(27)35)26(15-23)20(2)37-43(40)34(3,4)5/h7,10-11,13,15-20,22,29,32,37H,8-9,12,14H2,1-6H3,(H,38,39)/t19-,20-,29+,32-,43-/m0/s1. The molecule has 5 rings (SSSR count). The molecule has 0 bridgehead atoms. The Kier molecular flexibility index (Phi) is 9.07. The lowest BCUT2D eigenvalue weighted by molar-refractivity contribution is -0.142. The van der Waals surface area contributed by atoms with Crippen LogP contribution in [0.4, 0.5) is 4.39 Å². The first-order chi connectivity index (χ1) is 20.4. The van der Waals surface area contributed by atoms with Gasteiger partial charge in [0.2, 0.25) is 5.88 Å². The summed E-state index contributed by atoms with van der Waals surface area (Å²) in [6.07, 6.45) is 4.58. The van der Waals surface area contributed by atoms with Crippen molar-refractivity contribution in [3.8, 4) is 22.8 Å². The number of ether oxygens (including phenoxy) is 2. The molecule has 1 aromatic heterocycles. The molecule has 1 aliphatic carbocycles. The number of fused-ring (bicyclic) bond motifs is 1. The van der Waals surface area contributed by atoms with Gasteiger partial charge in [0.25, 0.3) is 0 Å². The number of halogens is 1. The van der Waals surface area contributed by atoms with Crippen LogP contribution in [0.15, 0.2) is 48.7 Å². The molecule has 0 radical (unpaired) electrons. The molecule has 1 saturated carbocycles. The number of nitrogens with zero attached hydrogens (tertiary/aromatic N) is 1. The molecule has 0 saturated heterocycles. The Hall–Kier alpha value is -3.14. The van der Waals surface area contributed by atoms with Crippen LogP contribution in [-0.2, 0) is 22.6 Å². The van der Waals surface area contributed by atoms with Gasteiger partial charge in [-0.1, -0.05) is 31.2 Å². The van der Waals surface area contributed by atoms with E-state index >= 15 is 4.39 Å². The molecule has 3 aromatic rings. The fourth-order valence-electron chi connectivity index (χ4n) is 5.93. The number of carboxylic acid groups (broad SMARTS) is 1. The zero-order valence-corrected chi connectivity index (χ0v) is 26.5. The molecule has 2 aliphatic rings. The Balaban J connectivity index is 1.49. The van der Waals surface area contributed by atoms with Crippen LogP contribution in [0.5, 0.6) is 11.6 Å². The van der Waals surface area contributed by atoms with Gasteiger partial charge in [-0.05, 0) is 105 Å². The second kappa shape index (κ2) is 12.5. The van der Waals surface area contributed by atoms with Crippen molar-refractivity contribution in [2.75, 3.05) is 7.11 Å². The van der Waals surface area contributed by atoms with E-state index in [2.05, 4.69) is 21.8 Å². The van der Waals surface area contributed by atoms with Gasteiger partial charge in [-0.15, -0.1) is 4.72 Å². The summed E-state index contributed by atoms with van der Waals surface area (Å²) in [6, 6.07) is 13.2. The summed E-state index contributed by atoms with van der Waals surface area (Å²) in [6.45, 7) is 9.43. The smallest absolute Gasteiger partial charge is 0.306 e. The number of aliphatic carboxylic acids is 1. The number of hydrogen-bond acceptors (Lipinski definition) is 6. The monoisotopic (exact) mass is 608 g/mol. The highest BCUT2D eigenvalue weighted by molar-refractivity contribution is 7.90. The quantitative estimate of drug-likeness (QED) is 0.233. The second-order valence-electron chi connectivity index (χ2n) is 12.8. The maximum Gasteiger partial charge on any atom is 0.306 e. The van der Waals surface area contributed by atoms with E-state index < -0.39 is 33.8 Å². The van der Waals surface area contributed by atoms with E-state index in [-0.39, 0.29) is 18.1 Å². The first-order valence-corrected chi connectivity index (χ1v) is 16.1. The third kappa shape index (κ3) is 6.84. The Morgan fingerprint density at radius 3 is 2.53 bits per heavy atom. The number of carbonyl (C=O) groups is 1. The van der Waals surface area contributed by atoms with Crippen LogP contribution in [-0.4, -0.2) is 32.5 Å². The van der Waals surface area contributed by atoms with Crippen LogP contribution in [0.1, 0.15) is 94.2 Å². The van der Waals surface area contributed by atoms with Crippen molar-refractivity contribution in [1.29, 1.82) is 0 Å². The predicted octanol–water partition coefficient (Wildman–Crippen LogP) is 7.29. The van der Waals surface area contributed by atoms with Crippen molar-refractivity contribution in [2.24, 2.45) is 11.8 Å². The maximum atomic E-state index is 15.1. The Bertz CT molecular complexity index is 1490. The van der Waals surface area contributed by atoms with Crippen molar-refractivity contribution in [2.45, 2.75) is 83.1 Å². The average molecular weight is 609 g/mol. The molecule has 2 heterocycles. The van der Waals surface area contributed by atoms with E-state index in [9.17, 15) is 14.5 Å². The summed E-state index contributed by atoms with van der Waals surface area (Å²) in [5.41, 5.74) is 4.84. The molecular weight excluding hydrogens is 567 g/mol. The molecule has 9 heteroatoms. The predicted molar refractivity (Wildman–Crippen MR) is 166 cm³/mol. The molecule has 0 amide bonds. The largest absolute Gasteiger partial charge is 0.598 e. The molecule has 1 fully saturated rings. The van der Waals surface area contributed by atoms with E-state index in [1.807, 2.05) is 52.0 Å². The fourth-order valence-corrected chi connectivity index (χ4v) is 6.73. The first kappa shape index (κ1) is 31.3. The van der Waals surface area contributed by atoms with Crippen LogP contribution in [0.25, 0.3) is 11.1 Å². The highest BCUT2D eigenvalue weighted by Crippen LogP contribution is 2.48. The van der Waals surface area contributed by atoms with Gasteiger partial charge < -0.3 is 19.1 Å². The molecule has 0 spiro atoms. The summed E-state index contributed by atoms with van der Waals surface area (Å²) >= 11 is -1.35. The van der Waals surface area contributed by atoms with Crippen molar-refractivity contribution in [3.63, 3.8) is 0 Å². The lowest BCUT2D eigenvalue weighted by Gasteiger charge is -2.30. The molecule has 43 heavy (non-hydrogen) atoms. The number of nitrogens with one attached hydrogen (secondary N) is 1. The summed E-state index contributed by atoms with van der Waals surface area (Å²) < 4.78 is 42.8. The van der Waals surface area contributed by atoms with Crippen LogP contribution in [0.3, 0.4) is 0 Å². The number of benzene rings is 2. The van der Waals surface area contributed by atoms with Gasteiger partial charge in [0.1, 0.15) is 22.4 Å². The zero-order chi connectivity index (χ0) is 31.1. The normalized spacial score (nSPS) is 19.5. The number of aryl methyl sites for hydroxylation is 1. The summed E-state index contributed by atoms with van der Waals surface area (Å²) in [5.74, 6) is -0.295. The van der Waals surface area contributed by atoms with Gasteiger partial charge >= 0.3 is 5.97 Å². The van der Waals surface area contributed by atoms with Gasteiger partial charge in [0.05, 0.1) is 25.3 Å². The van der Waals surface area contributed by atoms with Crippen molar-refractivity contribution >= 4 is 17.3 Å². The van der Waals surface area contributed by atoms with Crippen molar-refractivity contribution in [3.05, 3.63) is 76.7 Å². The van der Waals surface area contributed by atoms with E-state index in [0.717, 1.165) is 59.9 Å². The molecule has 0 unspecified atom stereocenters. The van der Waals surface area contributed by atoms with Crippen molar-refractivity contribution in [1.82, 2.24) is 9.71 Å². The molecule has 2 aromatic carbocycles. The van der Waals surface area contributed by atoms with Gasteiger partial charge in [-0.3, -0.25) is 4.79 Å². The van der Waals surface area contributed by atoms with E-state index in [1.54, 1.807) is 13.0 Å². The Morgan fingerprint density at radius 2 is 1.88 bits per heavy atom. The molecule has 230 valence electrons. The number of hydrogen-bond donors (Lipinski definition) is 2. The van der Waals surface area contributed by atoms with E-state index in [0.29, 0.717) is 22.9 Å². The third-order valence-electron chi connectivity index (χ3n) is 8.56. The van der Waals surface area contributed by atoms with Crippen LogP contribution in [0, 0.1) is 17.7 Å². The number of aromatic nitrogens is 1. The SMILES string of the molecule is COc1cc(-c2ccc([C@H]3CCc4ccc([C@H](C5CC5)[C@H](C)C(=O)O)cc4O3)cc2[C@H](C)N[S@@+]([O-])C(C)(C)C)c(F)cn1. The van der Waals surface area contributed by atoms with Gasteiger partial charge in [-0.25, -0.2) is 9.37 Å². The van der Waals surface area contributed by atoms with E-state index in [1.165, 1.54) is 7.11 Å². The van der Waals surface area contributed by atoms with E-state index in [4.69, 9.17) is 9.47 Å². The Labute approximate surface area is 256 Å². The molecule has 5 atom stereocenters. The number of rotatable bonds is 10. The molecular formula is C34H41FN2O5S. The number of carboxylic acids is 1. The van der Waals surface area contributed by atoms with Crippen molar-refractivity contribution < 1.29 is 28.3 Å². The van der Waals surface area contributed by atoms with Gasteiger partial charge in [-0.2, -0.15) is 0 Å². The second-order valence-corrected chi connectivity index (χ2v) is 14.8. The third-order valence-corrected chi connectivity index (χ3v) is 10.2.